The largest absolute Gasteiger partial charge is 0.376 e. The molecule has 1 saturated heterocycles. The lowest BCUT2D eigenvalue weighted by atomic mass is 10.2. The summed E-state index contributed by atoms with van der Waals surface area (Å²) in [6.07, 6.45) is 5.91. The third-order valence-corrected chi connectivity index (χ3v) is 3.80. The molecule has 1 aromatic heterocycles. The summed E-state index contributed by atoms with van der Waals surface area (Å²) >= 11 is 6.05. The fourth-order valence-corrected chi connectivity index (χ4v) is 2.62. The minimum absolute atomic E-state index is 0.0374. The summed E-state index contributed by atoms with van der Waals surface area (Å²) in [5.41, 5.74) is 1.34. The molecule has 1 aliphatic heterocycles. The molecule has 2 heterocycles. The number of nitrogens with one attached hydrogen (secondary N) is 1. The van der Waals surface area contributed by atoms with Crippen molar-refractivity contribution in [2.45, 2.75) is 25.5 Å². The van der Waals surface area contributed by atoms with Crippen molar-refractivity contribution < 1.29 is 9.66 Å². The highest BCUT2D eigenvalue weighted by molar-refractivity contribution is 6.33. The zero-order valence-electron chi connectivity index (χ0n) is 11.7. The van der Waals surface area contributed by atoms with E-state index in [9.17, 15) is 10.1 Å². The molecule has 0 bridgehead atoms. The van der Waals surface area contributed by atoms with Crippen LogP contribution in [0.2, 0.25) is 5.02 Å². The summed E-state index contributed by atoms with van der Waals surface area (Å²) in [7, 11) is 0. The molecule has 1 fully saturated rings. The highest BCUT2D eigenvalue weighted by atomic mass is 35.5. The summed E-state index contributed by atoms with van der Waals surface area (Å²) in [5, 5.41) is 18.4. The molecule has 3 rings (SSSR count). The fraction of sp³-hybridized carbons (Fsp3) is 0.357. The molecule has 0 radical (unpaired) electrons. The minimum atomic E-state index is -0.477. The third kappa shape index (κ3) is 3.37. The average molecular weight is 323 g/mol. The SMILES string of the molecule is O=[N+]([O-])c1ccc(Nc2cnn(C[C@H]3CCCO3)c2)c(Cl)c1. The van der Waals surface area contributed by atoms with E-state index in [1.807, 2.05) is 10.9 Å². The van der Waals surface area contributed by atoms with Gasteiger partial charge in [-0.25, -0.2) is 0 Å². The molecule has 0 saturated carbocycles. The van der Waals surface area contributed by atoms with Crippen molar-refractivity contribution in [3.63, 3.8) is 0 Å². The summed E-state index contributed by atoms with van der Waals surface area (Å²) in [6, 6.07) is 4.31. The standard InChI is InChI=1S/C14H15ClN4O3/c15-13-6-11(19(20)21)3-4-14(13)17-10-7-16-18(8-10)9-12-2-1-5-22-12/h3-4,6-8,12,17H,1-2,5,9H2/t12-/m1/s1. The highest BCUT2D eigenvalue weighted by Gasteiger charge is 2.16. The molecular formula is C14H15ClN4O3. The summed E-state index contributed by atoms with van der Waals surface area (Å²) in [5.74, 6) is 0. The Labute approximate surface area is 132 Å². The number of benzene rings is 1. The Kier molecular flexibility index (Phi) is 4.26. The Hall–Kier alpha value is -2.12. The van der Waals surface area contributed by atoms with E-state index in [2.05, 4.69) is 10.4 Å². The van der Waals surface area contributed by atoms with Crippen LogP contribution in [0.4, 0.5) is 17.1 Å². The van der Waals surface area contributed by atoms with Gasteiger partial charge in [0, 0.05) is 24.9 Å². The Bertz CT molecular complexity index is 682. The van der Waals surface area contributed by atoms with E-state index in [1.165, 1.54) is 12.1 Å². The number of ether oxygens (including phenoxy) is 1. The molecule has 116 valence electrons. The summed E-state index contributed by atoms with van der Waals surface area (Å²) in [6.45, 7) is 1.53. The predicted octanol–water partition coefficient (Wildman–Crippen LogP) is 3.37. The van der Waals surface area contributed by atoms with Crippen LogP contribution in [0.5, 0.6) is 0 Å². The van der Waals surface area contributed by atoms with Gasteiger partial charge in [0.15, 0.2) is 0 Å². The maximum absolute atomic E-state index is 10.7. The first-order valence-corrected chi connectivity index (χ1v) is 7.34. The van der Waals surface area contributed by atoms with Crippen molar-refractivity contribution in [1.29, 1.82) is 0 Å². The van der Waals surface area contributed by atoms with E-state index >= 15 is 0 Å². The summed E-state index contributed by atoms with van der Waals surface area (Å²) in [4.78, 5) is 10.2. The molecular weight excluding hydrogens is 308 g/mol. The van der Waals surface area contributed by atoms with E-state index in [0.29, 0.717) is 10.7 Å². The second-order valence-corrected chi connectivity index (χ2v) is 5.54. The molecule has 1 N–H and O–H groups in total. The number of hydrogen-bond acceptors (Lipinski definition) is 5. The van der Waals surface area contributed by atoms with E-state index in [-0.39, 0.29) is 11.8 Å². The lowest BCUT2D eigenvalue weighted by molar-refractivity contribution is -0.384. The molecule has 0 aliphatic carbocycles. The molecule has 1 aliphatic rings. The van der Waals surface area contributed by atoms with Gasteiger partial charge in [-0.05, 0) is 18.9 Å². The van der Waals surface area contributed by atoms with Crippen LogP contribution in [0.1, 0.15) is 12.8 Å². The van der Waals surface area contributed by atoms with Crippen LogP contribution in [0.15, 0.2) is 30.6 Å². The van der Waals surface area contributed by atoms with Gasteiger partial charge in [0.25, 0.3) is 5.69 Å². The molecule has 0 amide bonds. The minimum Gasteiger partial charge on any atom is -0.376 e. The van der Waals surface area contributed by atoms with Crippen molar-refractivity contribution in [3.05, 3.63) is 45.7 Å². The number of nitro groups is 1. The number of non-ortho nitro benzene ring substituents is 1. The Morgan fingerprint density at radius 1 is 1.55 bits per heavy atom. The molecule has 8 heteroatoms. The van der Waals surface area contributed by atoms with Gasteiger partial charge < -0.3 is 10.1 Å². The average Bonchev–Trinajstić information content (AvgIpc) is 3.13. The van der Waals surface area contributed by atoms with Crippen LogP contribution in [-0.4, -0.2) is 27.4 Å². The van der Waals surface area contributed by atoms with Gasteiger partial charge in [0.2, 0.25) is 0 Å². The van der Waals surface area contributed by atoms with Gasteiger partial charge in [-0.1, -0.05) is 11.6 Å². The summed E-state index contributed by atoms with van der Waals surface area (Å²) < 4.78 is 7.39. The maximum atomic E-state index is 10.7. The smallest absolute Gasteiger partial charge is 0.271 e. The Morgan fingerprint density at radius 2 is 2.41 bits per heavy atom. The first-order chi connectivity index (χ1) is 10.6. The number of rotatable bonds is 5. The van der Waals surface area contributed by atoms with Crippen molar-refractivity contribution >= 4 is 28.7 Å². The zero-order valence-corrected chi connectivity index (χ0v) is 12.5. The zero-order chi connectivity index (χ0) is 15.5. The Balaban J connectivity index is 1.68. The molecule has 2 aromatic rings. The van der Waals surface area contributed by atoms with Crippen LogP contribution in [-0.2, 0) is 11.3 Å². The fourth-order valence-electron chi connectivity index (χ4n) is 2.40. The van der Waals surface area contributed by atoms with Crippen LogP contribution >= 0.6 is 11.6 Å². The topological polar surface area (TPSA) is 82.2 Å². The predicted molar refractivity (Wildman–Crippen MR) is 82.6 cm³/mol. The van der Waals surface area contributed by atoms with Crippen molar-refractivity contribution in [2.24, 2.45) is 0 Å². The lowest BCUT2D eigenvalue weighted by Gasteiger charge is -2.08. The van der Waals surface area contributed by atoms with Crippen LogP contribution in [0.25, 0.3) is 0 Å². The van der Waals surface area contributed by atoms with E-state index in [4.69, 9.17) is 16.3 Å². The van der Waals surface area contributed by atoms with E-state index in [0.717, 1.165) is 31.7 Å². The molecule has 1 aromatic carbocycles. The molecule has 0 spiro atoms. The van der Waals surface area contributed by atoms with Crippen molar-refractivity contribution in [3.8, 4) is 0 Å². The van der Waals surface area contributed by atoms with E-state index < -0.39 is 4.92 Å². The van der Waals surface area contributed by atoms with Crippen molar-refractivity contribution in [1.82, 2.24) is 9.78 Å². The second kappa shape index (κ2) is 6.33. The second-order valence-electron chi connectivity index (χ2n) is 5.13. The molecule has 1 atom stereocenters. The quantitative estimate of drug-likeness (QED) is 0.674. The first-order valence-electron chi connectivity index (χ1n) is 6.97. The number of nitrogens with zero attached hydrogens (tertiary/aromatic N) is 3. The molecule has 7 nitrogen and oxygen atoms in total. The van der Waals surface area contributed by atoms with Gasteiger partial charge >= 0.3 is 0 Å². The molecule has 22 heavy (non-hydrogen) atoms. The van der Waals surface area contributed by atoms with Crippen LogP contribution in [0, 0.1) is 10.1 Å². The number of anilines is 2. The van der Waals surface area contributed by atoms with Crippen LogP contribution < -0.4 is 5.32 Å². The monoisotopic (exact) mass is 322 g/mol. The number of halogens is 1. The maximum Gasteiger partial charge on any atom is 0.271 e. The first kappa shape index (κ1) is 14.8. The number of nitro benzene ring substituents is 1. The number of aromatic nitrogens is 2. The van der Waals surface area contributed by atoms with E-state index in [1.54, 1.807) is 12.3 Å². The Morgan fingerprint density at radius 3 is 3.09 bits per heavy atom. The van der Waals surface area contributed by atoms with Gasteiger partial charge in [-0.2, -0.15) is 5.10 Å². The van der Waals surface area contributed by atoms with Gasteiger partial charge in [0.05, 0.1) is 40.2 Å². The highest BCUT2D eigenvalue weighted by Crippen LogP contribution is 2.29. The van der Waals surface area contributed by atoms with Gasteiger partial charge in [0.1, 0.15) is 0 Å². The van der Waals surface area contributed by atoms with Gasteiger partial charge in [-0.15, -0.1) is 0 Å². The lowest BCUT2D eigenvalue weighted by Crippen LogP contribution is -2.15. The third-order valence-electron chi connectivity index (χ3n) is 3.49. The molecule has 0 unspecified atom stereocenters. The van der Waals surface area contributed by atoms with Gasteiger partial charge in [-0.3, -0.25) is 14.8 Å². The van der Waals surface area contributed by atoms with Crippen molar-refractivity contribution in [2.75, 3.05) is 11.9 Å². The van der Waals surface area contributed by atoms with Crippen LogP contribution in [0.3, 0.4) is 0 Å². The number of hydrogen-bond donors (Lipinski definition) is 1. The normalized spacial score (nSPS) is 17.6.